The van der Waals surface area contributed by atoms with Crippen molar-refractivity contribution in [1.82, 2.24) is 4.98 Å². The van der Waals surface area contributed by atoms with Crippen LogP contribution >= 0.6 is 0 Å². The summed E-state index contributed by atoms with van der Waals surface area (Å²) in [6.07, 6.45) is 2.72. The Morgan fingerprint density at radius 2 is 2.11 bits per heavy atom. The number of carboxylic acid groups (broad SMARTS) is 1. The van der Waals surface area contributed by atoms with Gasteiger partial charge in [-0.25, -0.2) is 9.18 Å². The van der Waals surface area contributed by atoms with Gasteiger partial charge in [-0.2, -0.15) is 0 Å². The standard InChI is InChI=1S/C13H10FNO3/c14-11-3-1-2-4-12(11)18-8-9-5-10(13(16)17)7-15-6-9/h1-7H,8H2,(H,16,17). The van der Waals surface area contributed by atoms with Crippen LogP contribution in [0.1, 0.15) is 15.9 Å². The van der Waals surface area contributed by atoms with Crippen LogP contribution in [-0.4, -0.2) is 16.1 Å². The zero-order valence-electron chi connectivity index (χ0n) is 9.34. The highest BCUT2D eigenvalue weighted by Crippen LogP contribution is 2.17. The van der Waals surface area contributed by atoms with E-state index in [4.69, 9.17) is 9.84 Å². The van der Waals surface area contributed by atoms with Crippen LogP contribution in [0.15, 0.2) is 42.7 Å². The number of aromatic carboxylic acids is 1. The molecule has 0 spiro atoms. The molecule has 1 aromatic carbocycles. The molecule has 0 atom stereocenters. The molecule has 0 bridgehead atoms. The van der Waals surface area contributed by atoms with Crippen LogP contribution in [0.25, 0.3) is 0 Å². The van der Waals surface area contributed by atoms with Crippen molar-refractivity contribution < 1.29 is 19.0 Å². The number of aromatic nitrogens is 1. The fourth-order valence-electron chi connectivity index (χ4n) is 1.41. The van der Waals surface area contributed by atoms with Gasteiger partial charge < -0.3 is 9.84 Å². The number of para-hydroxylation sites is 1. The van der Waals surface area contributed by atoms with E-state index in [-0.39, 0.29) is 17.9 Å². The van der Waals surface area contributed by atoms with Gasteiger partial charge in [-0.15, -0.1) is 0 Å². The molecular formula is C13H10FNO3. The van der Waals surface area contributed by atoms with Crippen LogP contribution in [0.5, 0.6) is 5.75 Å². The van der Waals surface area contributed by atoms with Crippen LogP contribution in [0.2, 0.25) is 0 Å². The lowest BCUT2D eigenvalue weighted by molar-refractivity contribution is 0.0696. The Morgan fingerprint density at radius 3 is 2.83 bits per heavy atom. The molecule has 0 aliphatic heterocycles. The molecule has 1 aromatic heterocycles. The number of hydrogen-bond donors (Lipinski definition) is 1. The van der Waals surface area contributed by atoms with E-state index >= 15 is 0 Å². The number of benzene rings is 1. The maximum atomic E-state index is 13.3. The molecule has 0 saturated carbocycles. The average Bonchev–Trinajstić information content (AvgIpc) is 2.38. The summed E-state index contributed by atoms with van der Waals surface area (Å²) in [6.45, 7) is 0.0645. The molecule has 5 heteroatoms. The Bertz CT molecular complexity index is 572. The molecule has 0 unspecified atom stereocenters. The summed E-state index contributed by atoms with van der Waals surface area (Å²) in [5, 5.41) is 8.80. The van der Waals surface area contributed by atoms with Gasteiger partial charge in [0.15, 0.2) is 11.6 Å². The van der Waals surface area contributed by atoms with E-state index in [0.717, 1.165) is 0 Å². The topological polar surface area (TPSA) is 59.4 Å². The smallest absolute Gasteiger partial charge is 0.337 e. The summed E-state index contributed by atoms with van der Waals surface area (Å²) in [7, 11) is 0. The Balaban J connectivity index is 2.09. The first-order valence-electron chi connectivity index (χ1n) is 5.21. The zero-order valence-corrected chi connectivity index (χ0v) is 9.34. The normalized spacial score (nSPS) is 10.1. The van der Waals surface area contributed by atoms with Gasteiger partial charge in [-0.1, -0.05) is 12.1 Å². The maximum absolute atomic E-state index is 13.3. The molecule has 0 saturated heterocycles. The Labute approximate surface area is 103 Å². The third-order valence-electron chi connectivity index (χ3n) is 2.27. The van der Waals surface area contributed by atoms with Crippen molar-refractivity contribution in [3.8, 4) is 5.75 Å². The first kappa shape index (κ1) is 12.0. The van der Waals surface area contributed by atoms with E-state index in [9.17, 15) is 9.18 Å². The molecule has 18 heavy (non-hydrogen) atoms. The van der Waals surface area contributed by atoms with Gasteiger partial charge in [0.25, 0.3) is 0 Å². The van der Waals surface area contributed by atoms with Crippen LogP contribution in [0, 0.1) is 5.82 Å². The number of rotatable bonds is 4. The minimum absolute atomic E-state index is 0.0645. The summed E-state index contributed by atoms with van der Waals surface area (Å²) >= 11 is 0. The number of hydrogen-bond acceptors (Lipinski definition) is 3. The molecule has 0 amide bonds. The van der Waals surface area contributed by atoms with Crippen molar-refractivity contribution in [2.24, 2.45) is 0 Å². The number of nitrogens with zero attached hydrogens (tertiary/aromatic N) is 1. The van der Waals surface area contributed by atoms with Gasteiger partial charge in [0.05, 0.1) is 5.56 Å². The monoisotopic (exact) mass is 247 g/mol. The summed E-state index contributed by atoms with van der Waals surface area (Å²) in [4.78, 5) is 14.5. The Morgan fingerprint density at radius 1 is 1.33 bits per heavy atom. The molecule has 0 fully saturated rings. The number of carboxylic acids is 1. The summed E-state index contributed by atoms with van der Waals surface area (Å²) in [5.41, 5.74) is 0.641. The lowest BCUT2D eigenvalue weighted by atomic mass is 10.2. The summed E-state index contributed by atoms with van der Waals surface area (Å²) in [5.74, 6) is -1.40. The molecule has 0 aliphatic carbocycles. The van der Waals surface area contributed by atoms with Gasteiger partial charge in [-0.3, -0.25) is 4.98 Å². The van der Waals surface area contributed by atoms with Gasteiger partial charge in [0.1, 0.15) is 6.61 Å². The minimum atomic E-state index is -1.06. The van der Waals surface area contributed by atoms with Crippen molar-refractivity contribution in [2.75, 3.05) is 0 Å². The van der Waals surface area contributed by atoms with E-state index in [2.05, 4.69) is 4.98 Å². The third-order valence-corrected chi connectivity index (χ3v) is 2.27. The van der Waals surface area contributed by atoms with Crippen molar-refractivity contribution in [1.29, 1.82) is 0 Å². The van der Waals surface area contributed by atoms with E-state index in [1.807, 2.05) is 0 Å². The molecular weight excluding hydrogens is 237 g/mol. The van der Waals surface area contributed by atoms with Crippen molar-refractivity contribution in [3.63, 3.8) is 0 Å². The van der Waals surface area contributed by atoms with Crippen molar-refractivity contribution >= 4 is 5.97 Å². The predicted octanol–water partition coefficient (Wildman–Crippen LogP) is 2.50. The number of ether oxygens (including phenoxy) is 1. The van der Waals surface area contributed by atoms with E-state index in [0.29, 0.717) is 5.56 Å². The van der Waals surface area contributed by atoms with Crippen LogP contribution in [0.3, 0.4) is 0 Å². The average molecular weight is 247 g/mol. The molecule has 2 aromatic rings. The summed E-state index contributed by atoms with van der Waals surface area (Å²) in [6, 6.07) is 7.46. The largest absolute Gasteiger partial charge is 0.486 e. The second-order valence-electron chi connectivity index (χ2n) is 3.61. The van der Waals surface area contributed by atoms with Crippen molar-refractivity contribution in [2.45, 2.75) is 6.61 Å². The van der Waals surface area contributed by atoms with Crippen molar-refractivity contribution in [3.05, 3.63) is 59.7 Å². The van der Waals surface area contributed by atoms with Crippen LogP contribution < -0.4 is 4.74 Å². The second-order valence-corrected chi connectivity index (χ2v) is 3.61. The predicted molar refractivity (Wildman–Crippen MR) is 61.9 cm³/mol. The first-order valence-corrected chi connectivity index (χ1v) is 5.21. The fourth-order valence-corrected chi connectivity index (χ4v) is 1.41. The van der Waals surface area contributed by atoms with E-state index < -0.39 is 11.8 Å². The molecule has 1 heterocycles. The van der Waals surface area contributed by atoms with Crippen LogP contribution in [0.4, 0.5) is 4.39 Å². The lowest BCUT2D eigenvalue weighted by Gasteiger charge is -2.07. The lowest BCUT2D eigenvalue weighted by Crippen LogP contribution is -2.02. The van der Waals surface area contributed by atoms with E-state index in [1.165, 1.54) is 30.6 Å². The fraction of sp³-hybridized carbons (Fsp3) is 0.0769. The van der Waals surface area contributed by atoms with E-state index in [1.54, 1.807) is 12.1 Å². The number of carbonyl (C=O) groups is 1. The molecule has 1 N–H and O–H groups in total. The highest BCUT2D eigenvalue weighted by Gasteiger charge is 2.06. The van der Waals surface area contributed by atoms with Gasteiger partial charge in [-0.05, 0) is 18.2 Å². The second kappa shape index (κ2) is 5.27. The molecule has 0 radical (unpaired) electrons. The quantitative estimate of drug-likeness (QED) is 0.901. The zero-order chi connectivity index (χ0) is 13.0. The highest BCUT2D eigenvalue weighted by atomic mass is 19.1. The number of halogens is 1. The first-order chi connectivity index (χ1) is 8.66. The highest BCUT2D eigenvalue weighted by molar-refractivity contribution is 5.87. The summed E-state index contributed by atoms with van der Waals surface area (Å²) < 4.78 is 18.5. The third kappa shape index (κ3) is 2.82. The molecule has 0 aliphatic rings. The number of pyridine rings is 1. The Kier molecular flexibility index (Phi) is 3.52. The van der Waals surface area contributed by atoms with Gasteiger partial charge in [0, 0.05) is 18.0 Å². The SMILES string of the molecule is O=C(O)c1cncc(COc2ccccc2F)c1. The molecule has 92 valence electrons. The van der Waals surface area contributed by atoms with Gasteiger partial charge in [0.2, 0.25) is 0 Å². The molecule has 4 nitrogen and oxygen atoms in total. The van der Waals surface area contributed by atoms with Gasteiger partial charge >= 0.3 is 5.97 Å². The Hall–Kier alpha value is -2.43. The molecule has 2 rings (SSSR count). The minimum Gasteiger partial charge on any atom is -0.486 e. The maximum Gasteiger partial charge on any atom is 0.337 e. The van der Waals surface area contributed by atoms with Crippen LogP contribution in [-0.2, 0) is 6.61 Å².